The molecule has 0 aliphatic rings. The van der Waals surface area contributed by atoms with E-state index in [-0.39, 0.29) is 6.15 Å². The van der Waals surface area contributed by atoms with Gasteiger partial charge in [-0.1, -0.05) is 71.1 Å². The van der Waals surface area contributed by atoms with Gasteiger partial charge in [0.2, 0.25) is 0 Å². The summed E-state index contributed by atoms with van der Waals surface area (Å²) in [6.45, 7) is 4.92. The molecule has 4 nitrogen and oxygen atoms in total. The molecule has 0 heterocycles. The van der Waals surface area contributed by atoms with Crippen LogP contribution < -0.4 is 6.15 Å². The molecule has 0 aliphatic carbocycles. The van der Waals surface area contributed by atoms with E-state index in [1.807, 2.05) is 0 Å². The Balaban J connectivity index is 0. The molecule has 0 aromatic heterocycles. The summed E-state index contributed by atoms with van der Waals surface area (Å²) in [7, 11) is 0. The number of carbonyl (C=O) groups is 1. The Morgan fingerprint density at radius 3 is 1.60 bits per heavy atom. The molecule has 0 spiro atoms. The summed E-state index contributed by atoms with van der Waals surface area (Å²) < 4.78 is 9.58. The number of rotatable bonds is 13. The van der Waals surface area contributed by atoms with Crippen molar-refractivity contribution in [1.29, 1.82) is 0 Å². The topological polar surface area (TPSA) is 70.5 Å². The van der Waals surface area contributed by atoms with Gasteiger partial charge < -0.3 is 15.6 Å². The second-order valence-electron chi connectivity index (χ2n) is 5.07. The summed E-state index contributed by atoms with van der Waals surface area (Å²) in [4.78, 5) is 10.9. The van der Waals surface area contributed by atoms with Crippen molar-refractivity contribution >= 4 is 6.16 Å². The van der Waals surface area contributed by atoms with Gasteiger partial charge in [-0.3, -0.25) is 0 Å². The molecule has 0 aromatic carbocycles. The van der Waals surface area contributed by atoms with Crippen molar-refractivity contribution < 1.29 is 14.3 Å². The van der Waals surface area contributed by atoms with Crippen LogP contribution in [0.15, 0.2) is 0 Å². The third-order valence-electron chi connectivity index (χ3n) is 3.23. The Labute approximate surface area is 125 Å². The van der Waals surface area contributed by atoms with E-state index in [9.17, 15) is 4.79 Å². The largest absolute Gasteiger partial charge is 0.508 e. The summed E-state index contributed by atoms with van der Waals surface area (Å²) in [5.74, 6) is 0. The predicted octanol–water partition coefficient (Wildman–Crippen LogP) is 5.63. The lowest BCUT2D eigenvalue weighted by Gasteiger charge is -2.04. The van der Waals surface area contributed by atoms with E-state index in [1.54, 1.807) is 6.92 Å². The minimum atomic E-state index is -0.533. The van der Waals surface area contributed by atoms with Crippen LogP contribution >= 0.6 is 0 Å². The van der Waals surface area contributed by atoms with Crippen LogP contribution in [0.1, 0.15) is 84.5 Å². The van der Waals surface area contributed by atoms with Gasteiger partial charge in [-0.25, -0.2) is 4.79 Å². The molecule has 0 amide bonds. The molecule has 0 radical (unpaired) electrons. The zero-order chi connectivity index (χ0) is 14.2. The lowest BCUT2D eigenvalue weighted by molar-refractivity contribution is 0.0578. The van der Waals surface area contributed by atoms with Crippen molar-refractivity contribution in [2.75, 3.05) is 13.2 Å². The molecule has 0 aromatic rings. The number of ether oxygens (including phenoxy) is 2. The highest BCUT2D eigenvalue weighted by Crippen LogP contribution is 2.11. The van der Waals surface area contributed by atoms with E-state index in [2.05, 4.69) is 11.7 Å². The highest BCUT2D eigenvalue weighted by atomic mass is 16.7. The van der Waals surface area contributed by atoms with Gasteiger partial charge in [0.05, 0.1) is 13.2 Å². The first-order chi connectivity index (χ1) is 9.31. The molecule has 0 saturated carbocycles. The summed E-state index contributed by atoms with van der Waals surface area (Å²) in [5, 5.41) is 0. The fraction of sp³-hybridized carbons (Fsp3) is 0.938. The summed E-state index contributed by atoms with van der Waals surface area (Å²) in [5.41, 5.74) is 0. The van der Waals surface area contributed by atoms with E-state index in [1.165, 1.54) is 57.8 Å². The van der Waals surface area contributed by atoms with Gasteiger partial charge in [0.15, 0.2) is 0 Å². The molecule has 0 rings (SSSR count). The van der Waals surface area contributed by atoms with Gasteiger partial charge in [-0.2, -0.15) is 0 Å². The second kappa shape index (κ2) is 18.2. The van der Waals surface area contributed by atoms with E-state index in [0.717, 1.165) is 12.8 Å². The standard InChI is InChI=1S/C16H32O3.H3N/c1-3-5-6-7-8-9-10-11-12-13-14-15-19-16(17)18-4-2;/h3-15H2,1-2H3;1H3. The summed E-state index contributed by atoms with van der Waals surface area (Å²) in [6.07, 6.45) is 13.8. The van der Waals surface area contributed by atoms with Crippen LogP contribution in [0.25, 0.3) is 0 Å². The van der Waals surface area contributed by atoms with E-state index in [4.69, 9.17) is 4.74 Å². The average molecular weight is 289 g/mol. The van der Waals surface area contributed by atoms with E-state index < -0.39 is 6.16 Å². The van der Waals surface area contributed by atoms with Gasteiger partial charge in [0.1, 0.15) is 0 Å². The Hall–Kier alpha value is -0.770. The minimum Gasteiger partial charge on any atom is -0.435 e. The van der Waals surface area contributed by atoms with Gasteiger partial charge in [-0.15, -0.1) is 0 Å². The monoisotopic (exact) mass is 289 g/mol. The van der Waals surface area contributed by atoms with Crippen molar-refractivity contribution in [3.63, 3.8) is 0 Å². The zero-order valence-electron chi connectivity index (χ0n) is 13.6. The number of hydrogen-bond acceptors (Lipinski definition) is 4. The van der Waals surface area contributed by atoms with Crippen LogP contribution in [-0.4, -0.2) is 19.4 Å². The third kappa shape index (κ3) is 17.2. The summed E-state index contributed by atoms with van der Waals surface area (Å²) >= 11 is 0. The first-order valence-electron chi connectivity index (χ1n) is 8.10. The molecule has 0 bridgehead atoms. The van der Waals surface area contributed by atoms with Crippen molar-refractivity contribution in [3.05, 3.63) is 0 Å². The van der Waals surface area contributed by atoms with Crippen LogP contribution in [0.4, 0.5) is 4.79 Å². The van der Waals surface area contributed by atoms with E-state index >= 15 is 0 Å². The second-order valence-corrected chi connectivity index (χ2v) is 5.07. The highest BCUT2D eigenvalue weighted by molar-refractivity contribution is 5.59. The molecular weight excluding hydrogens is 254 g/mol. The minimum absolute atomic E-state index is 0. The van der Waals surface area contributed by atoms with Crippen LogP contribution in [-0.2, 0) is 9.47 Å². The maximum absolute atomic E-state index is 10.9. The molecule has 20 heavy (non-hydrogen) atoms. The molecule has 3 N–H and O–H groups in total. The lowest BCUT2D eigenvalue weighted by atomic mass is 10.1. The maximum Gasteiger partial charge on any atom is 0.508 e. The van der Waals surface area contributed by atoms with Crippen molar-refractivity contribution in [2.24, 2.45) is 0 Å². The van der Waals surface area contributed by atoms with Crippen LogP contribution in [0.2, 0.25) is 0 Å². The van der Waals surface area contributed by atoms with E-state index in [0.29, 0.717) is 13.2 Å². The molecule has 0 atom stereocenters. The first-order valence-corrected chi connectivity index (χ1v) is 8.10. The normalized spacial score (nSPS) is 9.90. The maximum atomic E-state index is 10.9. The van der Waals surface area contributed by atoms with Crippen LogP contribution in [0, 0.1) is 0 Å². The predicted molar refractivity (Wildman–Crippen MR) is 84.5 cm³/mol. The first kappa shape index (κ1) is 21.5. The van der Waals surface area contributed by atoms with Gasteiger partial charge in [0, 0.05) is 0 Å². The number of carbonyl (C=O) groups excluding carboxylic acids is 1. The molecule has 122 valence electrons. The van der Waals surface area contributed by atoms with Crippen molar-refractivity contribution in [3.8, 4) is 0 Å². The molecule has 0 unspecified atom stereocenters. The molecule has 0 saturated heterocycles. The van der Waals surface area contributed by atoms with Crippen molar-refractivity contribution in [1.82, 2.24) is 6.15 Å². The highest BCUT2D eigenvalue weighted by Gasteiger charge is 2.00. The van der Waals surface area contributed by atoms with Crippen LogP contribution in [0.3, 0.4) is 0 Å². The molecule has 0 aliphatic heterocycles. The third-order valence-corrected chi connectivity index (χ3v) is 3.23. The Bertz CT molecular complexity index is 198. The average Bonchev–Trinajstić information content (AvgIpc) is 2.40. The number of unbranched alkanes of at least 4 members (excludes halogenated alkanes) is 10. The smallest absolute Gasteiger partial charge is 0.435 e. The quantitative estimate of drug-likeness (QED) is 0.352. The summed E-state index contributed by atoms with van der Waals surface area (Å²) in [6, 6.07) is 0. The fourth-order valence-corrected chi connectivity index (χ4v) is 2.08. The van der Waals surface area contributed by atoms with Gasteiger partial charge in [-0.05, 0) is 13.3 Å². The molecular formula is C16H35NO3. The van der Waals surface area contributed by atoms with Gasteiger partial charge >= 0.3 is 6.16 Å². The Kier molecular flexibility index (Phi) is 19.6. The van der Waals surface area contributed by atoms with Crippen molar-refractivity contribution in [2.45, 2.75) is 84.5 Å². The SMILES string of the molecule is CCCCCCCCCCCCCOC(=O)OCC.N. The molecule has 0 fully saturated rings. The zero-order valence-corrected chi connectivity index (χ0v) is 13.6. The number of hydrogen-bond donors (Lipinski definition) is 1. The Morgan fingerprint density at radius 2 is 1.15 bits per heavy atom. The lowest BCUT2D eigenvalue weighted by Crippen LogP contribution is -2.07. The molecule has 4 heteroatoms. The fourth-order valence-electron chi connectivity index (χ4n) is 2.08. The van der Waals surface area contributed by atoms with Gasteiger partial charge in [0.25, 0.3) is 0 Å². The van der Waals surface area contributed by atoms with Crippen LogP contribution in [0.5, 0.6) is 0 Å². The Morgan fingerprint density at radius 1 is 0.700 bits per heavy atom.